The third-order valence-electron chi connectivity index (χ3n) is 2.61. The Balaban J connectivity index is 2.32. The molecular formula is C12H15N3O3S. The van der Waals surface area contributed by atoms with Gasteiger partial charge in [-0.05, 0) is 18.6 Å². The Labute approximate surface area is 111 Å². The highest BCUT2D eigenvalue weighted by Crippen LogP contribution is 2.24. The van der Waals surface area contributed by atoms with Crippen molar-refractivity contribution >= 4 is 15.8 Å². The first-order valence-electron chi connectivity index (χ1n) is 5.77. The molecule has 0 atom stereocenters. The molecule has 2 aromatic rings. The molecule has 7 heteroatoms. The van der Waals surface area contributed by atoms with E-state index in [2.05, 4.69) is 14.9 Å². The van der Waals surface area contributed by atoms with E-state index >= 15 is 0 Å². The standard InChI is InChI=1S/C12H15N3O3S/c1-3-9-8-12(14-13-9)15-19(16,17)11-7-5-4-6-10(11)18-2/h4-8H,3H2,1-2H3,(H2,13,14,15). The lowest BCUT2D eigenvalue weighted by atomic mass is 10.3. The van der Waals surface area contributed by atoms with Crippen molar-refractivity contribution in [3.8, 4) is 5.75 Å². The summed E-state index contributed by atoms with van der Waals surface area (Å²) < 4.78 is 31.9. The van der Waals surface area contributed by atoms with Crippen molar-refractivity contribution in [1.29, 1.82) is 0 Å². The van der Waals surface area contributed by atoms with Gasteiger partial charge < -0.3 is 4.74 Å². The summed E-state index contributed by atoms with van der Waals surface area (Å²) in [6.07, 6.45) is 0.753. The second kappa shape index (κ2) is 5.31. The van der Waals surface area contributed by atoms with E-state index < -0.39 is 10.0 Å². The number of aromatic amines is 1. The monoisotopic (exact) mass is 281 g/mol. The van der Waals surface area contributed by atoms with Gasteiger partial charge >= 0.3 is 0 Å². The molecule has 0 saturated heterocycles. The number of benzene rings is 1. The number of aryl methyl sites for hydroxylation is 1. The molecule has 0 fully saturated rings. The zero-order chi connectivity index (χ0) is 13.9. The molecular weight excluding hydrogens is 266 g/mol. The molecule has 2 N–H and O–H groups in total. The second-order valence-corrected chi connectivity index (χ2v) is 5.54. The summed E-state index contributed by atoms with van der Waals surface area (Å²) in [7, 11) is -2.28. The first kappa shape index (κ1) is 13.4. The number of nitrogens with one attached hydrogen (secondary N) is 2. The first-order valence-corrected chi connectivity index (χ1v) is 7.25. The lowest BCUT2D eigenvalue weighted by Gasteiger charge is -2.09. The SMILES string of the molecule is CCc1cc(NS(=O)(=O)c2ccccc2OC)n[nH]1. The molecule has 0 bridgehead atoms. The summed E-state index contributed by atoms with van der Waals surface area (Å²) in [5.41, 5.74) is 0.859. The molecule has 2 rings (SSSR count). The van der Waals surface area contributed by atoms with Crippen LogP contribution in [-0.2, 0) is 16.4 Å². The maximum Gasteiger partial charge on any atom is 0.266 e. The zero-order valence-corrected chi connectivity index (χ0v) is 11.5. The Bertz CT molecular complexity index is 664. The quantitative estimate of drug-likeness (QED) is 0.875. The van der Waals surface area contributed by atoms with E-state index in [0.29, 0.717) is 5.75 Å². The van der Waals surface area contributed by atoms with Crippen LogP contribution >= 0.6 is 0 Å². The average molecular weight is 281 g/mol. The predicted octanol–water partition coefficient (Wildman–Crippen LogP) is 1.78. The van der Waals surface area contributed by atoms with Crippen LogP contribution < -0.4 is 9.46 Å². The molecule has 0 saturated carbocycles. The number of H-pyrrole nitrogens is 1. The van der Waals surface area contributed by atoms with Gasteiger partial charge in [0.15, 0.2) is 5.82 Å². The summed E-state index contributed by atoms with van der Waals surface area (Å²) in [5.74, 6) is 0.559. The van der Waals surface area contributed by atoms with Crippen molar-refractivity contribution in [3.63, 3.8) is 0 Å². The van der Waals surface area contributed by atoms with Crippen molar-refractivity contribution in [2.24, 2.45) is 0 Å². The van der Waals surface area contributed by atoms with Gasteiger partial charge in [-0.15, -0.1) is 0 Å². The third kappa shape index (κ3) is 2.87. The maximum atomic E-state index is 12.2. The van der Waals surface area contributed by atoms with Crippen LogP contribution in [0.5, 0.6) is 5.75 Å². The van der Waals surface area contributed by atoms with Crippen LogP contribution in [-0.4, -0.2) is 25.7 Å². The summed E-state index contributed by atoms with van der Waals surface area (Å²) in [4.78, 5) is 0.0820. The molecule has 0 aliphatic carbocycles. The summed E-state index contributed by atoms with van der Waals surface area (Å²) in [6, 6.07) is 8.08. The van der Waals surface area contributed by atoms with Gasteiger partial charge in [0.25, 0.3) is 10.0 Å². The van der Waals surface area contributed by atoms with Gasteiger partial charge in [0.2, 0.25) is 0 Å². The van der Waals surface area contributed by atoms with Crippen LogP contribution in [0.2, 0.25) is 0 Å². The van der Waals surface area contributed by atoms with E-state index in [1.54, 1.807) is 24.3 Å². The Morgan fingerprint density at radius 2 is 2.11 bits per heavy atom. The van der Waals surface area contributed by atoms with Crippen LogP contribution in [0.25, 0.3) is 0 Å². The zero-order valence-electron chi connectivity index (χ0n) is 10.7. The predicted molar refractivity (Wildman–Crippen MR) is 71.8 cm³/mol. The van der Waals surface area contributed by atoms with E-state index in [0.717, 1.165) is 12.1 Å². The Morgan fingerprint density at radius 3 is 2.74 bits per heavy atom. The van der Waals surface area contributed by atoms with Gasteiger partial charge in [-0.1, -0.05) is 19.1 Å². The number of nitrogens with zero attached hydrogens (tertiary/aromatic N) is 1. The molecule has 1 aromatic carbocycles. The highest BCUT2D eigenvalue weighted by molar-refractivity contribution is 7.92. The summed E-state index contributed by atoms with van der Waals surface area (Å²) in [5, 5.41) is 6.65. The first-order chi connectivity index (χ1) is 9.06. The van der Waals surface area contributed by atoms with E-state index in [-0.39, 0.29) is 10.7 Å². The fraction of sp³-hybridized carbons (Fsp3) is 0.250. The average Bonchev–Trinajstić information content (AvgIpc) is 2.85. The highest BCUT2D eigenvalue weighted by Gasteiger charge is 2.19. The minimum absolute atomic E-state index is 0.0820. The number of methoxy groups -OCH3 is 1. The van der Waals surface area contributed by atoms with Crippen LogP contribution in [0, 0.1) is 0 Å². The normalized spacial score (nSPS) is 11.3. The molecule has 0 radical (unpaired) electrons. The number of para-hydroxylation sites is 1. The van der Waals surface area contributed by atoms with Crippen molar-refractivity contribution < 1.29 is 13.2 Å². The number of sulfonamides is 1. The van der Waals surface area contributed by atoms with E-state index in [1.165, 1.54) is 13.2 Å². The van der Waals surface area contributed by atoms with E-state index in [4.69, 9.17) is 4.74 Å². The van der Waals surface area contributed by atoms with Gasteiger partial charge in [0.1, 0.15) is 10.6 Å². The molecule has 0 spiro atoms. The van der Waals surface area contributed by atoms with Crippen LogP contribution in [0.1, 0.15) is 12.6 Å². The molecule has 6 nitrogen and oxygen atoms in total. The minimum atomic E-state index is -3.71. The lowest BCUT2D eigenvalue weighted by molar-refractivity contribution is 0.403. The minimum Gasteiger partial charge on any atom is -0.495 e. The van der Waals surface area contributed by atoms with Gasteiger partial charge in [0, 0.05) is 11.8 Å². The number of ether oxygens (including phenoxy) is 1. The Morgan fingerprint density at radius 1 is 1.37 bits per heavy atom. The molecule has 102 valence electrons. The summed E-state index contributed by atoms with van der Waals surface area (Å²) in [6.45, 7) is 1.95. The second-order valence-electron chi connectivity index (χ2n) is 3.89. The molecule has 0 amide bonds. The number of anilines is 1. The number of hydrogen-bond acceptors (Lipinski definition) is 4. The van der Waals surface area contributed by atoms with Crippen molar-refractivity contribution in [3.05, 3.63) is 36.0 Å². The molecule has 1 aromatic heterocycles. The molecule has 0 aliphatic heterocycles. The van der Waals surface area contributed by atoms with Gasteiger partial charge in [0.05, 0.1) is 7.11 Å². The fourth-order valence-electron chi connectivity index (χ4n) is 1.63. The van der Waals surface area contributed by atoms with Crippen molar-refractivity contribution in [2.75, 3.05) is 11.8 Å². The van der Waals surface area contributed by atoms with Gasteiger partial charge in [-0.2, -0.15) is 5.10 Å². The van der Waals surface area contributed by atoms with Crippen LogP contribution in [0.15, 0.2) is 35.2 Å². The fourth-order valence-corrected chi connectivity index (χ4v) is 2.79. The molecule has 0 unspecified atom stereocenters. The van der Waals surface area contributed by atoms with E-state index in [9.17, 15) is 8.42 Å². The number of aromatic nitrogens is 2. The van der Waals surface area contributed by atoms with E-state index in [1.807, 2.05) is 6.92 Å². The maximum absolute atomic E-state index is 12.2. The van der Waals surface area contributed by atoms with Crippen LogP contribution in [0.4, 0.5) is 5.82 Å². The van der Waals surface area contributed by atoms with Gasteiger partial charge in [-0.3, -0.25) is 9.82 Å². The van der Waals surface area contributed by atoms with Gasteiger partial charge in [-0.25, -0.2) is 8.42 Å². The lowest BCUT2D eigenvalue weighted by Crippen LogP contribution is -2.14. The third-order valence-corrected chi connectivity index (χ3v) is 4.00. The number of hydrogen-bond donors (Lipinski definition) is 2. The Hall–Kier alpha value is -2.02. The highest BCUT2D eigenvalue weighted by atomic mass is 32.2. The molecule has 1 heterocycles. The largest absolute Gasteiger partial charge is 0.495 e. The summed E-state index contributed by atoms with van der Waals surface area (Å²) >= 11 is 0. The van der Waals surface area contributed by atoms with Crippen LogP contribution in [0.3, 0.4) is 0 Å². The molecule has 19 heavy (non-hydrogen) atoms. The number of rotatable bonds is 5. The molecule has 0 aliphatic rings. The van der Waals surface area contributed by atoms with Crippen molar-refractivity contribution in [1.82, 2.24) is 10.2 Å². The smallest absolute Gasteiger partial charge is 0.266 e. The Kier molecular flexibility index (Phi) is 3.75. The van der Waals surface area contributed by atoms with Crippen molar-refractivity contribution in [2.45, 2.75) is 18.2 Å². The topological polar surface area (TPSA) is 84.1 Å².